The summed E-state index contributed by atoms with van der Waals surface area (Å²) in [5.41, 5.74) is 0. The van der Waals surface area contributed by atoms with Crippen LogP contribution in [0.5, 0.6) is 0 Å². The van der Waals surface area contributed by atoms with Gasteiger partial charge in [-0.2, -0.15) is 0 Å². The summed E-state index contributed by atoms with van der Waals surface area (Å²) in [5.74, 6) is 0. The van der Waals surface area contributed by atoms with Crippen molar-refractivity contribution >= 4 is 16.5 Å². The molecular weight excluding hydrogens is 186 g/mol. The molecule has 1 aromatic heterocycles. The van der Waals surface area contributed by atoms with Gasteiger partial charge in [0, 0.05) is 24.7 Å². The van der Waals surface area contributed by atoms with E-state index in [4.69, 9.17) is 4.74 Å². The van der Waals surface area contributed by atoms with Crippen LogP contribution < -0.4 is 5.32 Å². The Balaban J connectivity index is 1.72. The molecule has 1 saturated heterocycles. The molecule has 0 radical (unpaired) electrons. The maximum Gasteiger partial charge on any atom is 0.183 e. The SMILES string of the molecule is c1csc(NCN2CCOCC2)n1. The second-order valence-corrected chi connectivity index (χ2v) is 3.80. The minimum absolute atomic E-state index is 0.847. The fourth-order valence-corrected chi connectivity index (χ4v) is 1.77. The van der Waals surface area contributed by atoms with Crippen LogP contribution in [0.1, 0.15) is 0 Å². The molecule has 1 fully saturated rings. The first-order valence-corrected chi connectivity index (χ1v) is 5.26. The predicted molar refractivity (Wildman–Crippen MR) is 53.0 cm³/mol. The molecule has 72 valence electrons. The van der Waals surface area contributed by atoms with Crippen LogP contribution in [0.3, 0.4) is 0 Å². The molecule has 2 heterocycles. The van der Waals surface area contributed by atoms with E-state index in [9.17, 15) is 0 Å². The van der Waals surface area contributed by atoms with E-state index in [0.717, 1.165) is 38.1 Å². The van der Waals surface area contributed by atoms with Crippen LogP contribution in [0, 0.1) is 0 Å². The number of nitrogens with zero attached hydrogens (tertiary/aromatic N) is 2. The van der Waals surface area contributed by atoms with Gasteiger partial charge in [0.15, 0.2) is 5.13 Å². The van der Waals surface area contributed by atoms with Crippen LogP contribution in [0.2, 0.25) is 0 Å². The van der Waals surface area contributed by atoms with Gasteiger partial charge in [-0.25, -0.2) is 4.98 Å². The Morgan fingerprint density at radius 3 is 3.08 bits per heavy atom. The highest BCUT2D eigenvalue weighted by molar-refractivity contribution is 7.13. The van der Waals surface area contributed by atoms with Gasteiger partial charge in [-0.15, -0.1) is 11.3 Å². The zero-order chi connectivity index (χ0) is 8.93. The molecule has 13 heavy (non-hydrogen) atoms. The number of rotatable bonds is 3. The number of morpholine rings is 1. The first-order valence-electron chi connectivity index (χ1n) is 4.38. The van der Waals surface area contributed by atoms with Gasteiger partial charge in [0.25, 0.3) is 0 Å². The van der Waals surface area contributed by atoms with Gasteiger partial charge in [0.1, 0.15) is 0 Å². The minimum Gasteiger partial charge on any atom is -0.379 e. The standard InChI is InChI=1S/C8H13N3OS/c1-6-13-8(9-1)10-7-11-2-4-12-5-3-11/h1,6H,2-5,7H2,(H,9,10). The van der Waals surface area contributed by atoms with Gasteiger partial charge in [0.05, 0.1) is 19.9 Å². The highest BCUT2D eigenvalue weighted by atomic mass is 32.1. The number of anilines is 1. The number of hydrogen-bond acceptors (Lipinski definition) is 5. The van der Waals surface area contributed by atoms with Gasteiger partial charge in [-0.05, 0) is 0 Å². The Kier molecular flexibility index (Phi) is 3.12. The minimum atomic E-state index is 0.847. The number of hydrogen-bond donors (Lipinski definition) is 1. The van der Waals surface area contributed by atoms with Crippen LogP contribution >= 0.6 is 11.3 Å². The van der Waals surface area contributed by atoms with Crippen molar-refractivity contribution in [3.8, 4) is 0 Å². The lowest BCUT2D eigenvalue weighted by molar-refractivity contribution is 0.0414. The molecule has 2 rings (SSSR count). The van der Waals surface area contributed by atoms with Crippen molar-refractivity contribution in [2.24, 2.45) is 0 Å². The lowest BCUT2D eigenvalue weighted by Gasteiger charge is -2.26. The third kappa shape index (κ3) is 2.65. The van der Waals surface area contributed by atoms with E-state index >= 15 is 0 Å². The summed E-state index contributed by atoms with van der Waals surface area (Å²) in [5, 5.41) is 6.24. The molecule has 1 aliphatic rings. The van der Waals surface area contributed by atoms with E-state index in [1.165, 1.54) is 0 Å². The Labute approximate surface area is 81.5 Å². The van der Waals surface area contributed by atoms with E-state index in [-0.39, 0.29) is 0 Å². The maximum atomic E-state index is 5.25. The topological polar surface area (TPSA) is 37.4 Å². The third-order valence-electron chi connectivity index (χ3n) is 1.99. The molecule has 1 aliphatic heterocycles. The molecule has 0 bridgehead atoms. The molecule has 0 spiro atoms. The van der Waals surface area contributed by atoms with Gasteiger partial charge >= 0.3 is 0 Å². The van der Waals surface area contributed by atoms with Crippen molar-refractivity contribution in [2.45, 2.75) is 0 Å². The quantitative estimate of drug-likeness (QED) is 0.783. The Morgan fingerprint density at radius 1 is 1.54 bits per heavy atom. The monoisotopic (exact) mass is 199 g/mol. The van der Waals surface area contributed by atoms with E-state index in [0.29, 0.717) is 0 Å². The van der Waals surface area contributed by atoms with Crippen LogP contribution in [-0.4, -0.2) is 42.9 Å². The van der Waals surface area contributed by atoms with Crippen molar-refractivity contribution in [3.05, 3.63) is 11.6 Å². The molecule has 4 nitrogen and oxygen atoms in total. The van der Waals surface area contributed by atoms with E-state index in [1.54, 1.807) is 11.3 Å². The average molecular weight is 199 g/mol. The molecule has 0 aliphatic carbocycles. The van der Waals surface area contributed by atoms with Crippen molar-refractivity contribution in [1.29, 1.82) is 0 Å². The molecular formula is C8H13N3OS. The second-order valence-electron chi connectivity index (χ2n) is 2.90. The molecule has 0 saturated carbocycles. The Hall–Kier alpha value is -0.650. The van der Waals surface area contributed by atoms with Gasteiger partial charge in [-0.3, -0.25) is 4.90 Å². The van der Waals surface area contributed by atoms with Crippen LogP contribution in [0.25, 0.3) is 0 Å². The van der Waals surface area contributed by atoms with Crippen LogP contribution in [0.4, 0.5) is 5.13 Å². The van der Waals surface area contributed by atoms with Crippen molar-refractivity contribution in [1.82, 2.24) is 9.88 Å². The fraction of sp³-hybridized carbons (Fsp3) is 0.625. The summed E-state index contributed by atoms with van der Waals surface area (Å²) in [4.78, 5) is 6.47. The number of ether oxygens (including phenoxy) is 1. The summed E-state index contributed by atoms with van der Waals surface area (Å²) in [6, 6.07) is 0. The molecule has 5 heteroatoms. The summed E-state index contributed by atoms with van der Waals surface area (Å²) in [6.45, 7) is 4.59. The highest BCUT2D eigenvalue weighted by Gasteiger charge is 2.09. The van der Waals surface area contributed by atoms with Crippen molar-refractivity contribution in [2.75, 3.05) is 38.3 Å². The molecule has 1 aromatic rings. The zero-order valence-corrected chi connectivity index (χ0v) is 8.22. The van der Waals surface area contributed by atoms with E-state index in [2.05, 4.69) is 15.2 Å². The molecule has 0 amide bonds. The summed E-state index contributed by atoms with van der Waals surface area (Å²) in [7, 11) is 0. The Morgan fingerprint density at radius 2 is 2.38 bits per heavy atom. The number of nitrogens with one attached hydrogen (secondary N) is 1. The second kappa shape index (κ2) is 4.55. The van der Waals surface area contributed by atoms with E-state index in [1.807, 2.05) is 11.6 Å². The van der Waals surface area contributed by atoms with Crippen molar-refractivity contribution < 1.29 is 4.74 Å². The summed E-state index contributed by atoms with van der Waals surface area (Å²) >= 11 is 1.63. The largest absolute Gasteiger partial charge is 0.379 e. The summed E-state index contributed by atoms with van der Waals surface area (Å²) < 4.78 is 5.25. The van der Waals surface area contributed by atoms with Crippen LogP contribution in [0.15, 0.2) is 11.6 Å². The molecule has 1 N–H and O–H groups in total. The lowest BCUT2D eigenvalue weighted by atomic mass is 10.4. The maximum absolute atomic E-state index is 5.25. The average Bonchev–Trinajstić information content (AvgIpc) is 2.69. The third-order valence-corrected chi connectivity index (χ3v) is 2.72. The van der Waals surface area contributed by atoms with Crippen LogP contribution in [-0.2, 0) is 4.74 Å². The smallest absolute Gasteiger partial charge is 0.183 e. The molecule has 0 atom stereocenters. The number of thiazole rings is 1. The zero-order valence-electron chi connectivity index (χ0n) is 7.40. The summed E-state index contributed by atoms with van der Waals surface area (Å²) in [6.07, 6.45) is 1.81. The fourth-order valence-electron chi connectivity index (χ4n) is 1.25. The highest BCUT2D eigenvalue weighted by Crippen LogP contribution is 2.10. The first-order chi connectivity index (χ1) is 6.45. The van der Waals surface area contributed by atoms with E-state index < -0.39 is 0 Å². The Bertz CT molecular complexity index is 234. The predicted octanol–water partition coefficient (Wildman–Crippen LogP) is 0.845. The first kappa shape index (κ1) is 8.93. The van der Waals surface area contributed by atoms with Crippen molar-refractivity contribution in [3.63, 3.8) is 0 Å². The molecule has 0 aromatic carbocycles. The molecule has 0 unspecified atom stereocenters. The number of aromatic nitrogens is 1. The van der Waals surface area contributed by atoms with Gasteiger partial charge in [0.2, 0.25) is 0 Å². The normalized spacial score (nSPS) is 18.8. The van der Waals surface area contributed by atoms with Gasteiger partial charge in [-0.1, -0.05) is 0 Å². The van der Waals surface area contributed by atoms with Gasteiger partial charge < -0.3 is 10.1 Å². The lowest BCUT2D eigenvalue weighted by Crippen LogP contribution is -2.39.